The Hall–Kier alpha value is -0.300. The van der Waals surface area contributed by atoms with Gasteiger partial charge in [0.2, 0.25) is 0 Å². The van der Waals surface area contributed by atoms with E-state index in [1.807, 2.05) is 0 Å². The number of allylic oxidation sites excluding steroid dienone is 1. The second-order valence-electron chi connectivity index (χ2n) is 7.02. The van der Waals surface area contributed by atoms with Gasteiger partial charge in [0, 0.05) is 6.61 Å². The van der Waals surface area contributed by atoms with E-state index in [9.17, 15) is 5.11 Å². The van der Waals surface area contributed by atoms with Crippen LogP contribution in [0.25, 0.3) is 0 Å². The fraction of sp³-hybridized carbons (Fsp3) is 0.875. The largest absolute Gasteiger partial charge is 0.396 e. The number of rotatable bonds is 5. The van der Waals surface area contributed by atoms with E-state index in [0.29, 0.717) is 29.3 Å². The Balaban J connectivity index is 2.72. The summed E-state index contributed by atoms with van der Waals surface area (Å²) < 4.78 is 0. The van der Waals surface area contributed by atoms with Crippen LogP contribution in [0.2, 0.25) is 0 Å². The van der Waals surface area contributed by atoms with Crippen LogP contribution in [0.15, 0.2) is 12.2 Å². The van der Waals surface area contributed by atoms with E-state index < -0.39 is 0 Å². The van der Waals surface area contributed by atoms with Crippen LogP contribution < -0.4 is 0 Å². The summed E-state index contributed by atoms with van der Waals surface area (Å²) in [5.41, 5.74) is 2.10. The smallest absolute Gasteiger partial charge is 0.0462 e. The molecule has 1 rings (SSSR count). The standard InChI is InChI=1S/C16H30O/c1-7-13(11-17)10-12(2)14-8-9-15(3,4)16(14,5)6/h13-14,17H,2,7-11H2,1,3-6H3/t13?,14-/m1/s1. The Bertz CT molecular complexity index is 271. The van der Waals surface area contributed by atoms with Crippen LogP contribution in [0, 0.1) is 22.7 Å². The molecule has 2 atom stereocenters. The van der Waals surface area contributed by atoms with Crippen molar-refractivity contribution in [2.24, 2.45) is 22.7 Å². The average molecular weight is 238 g/mol. The quantitative estimate of drug-likeness (QED) is 0.703. The number of hydrogen-bond donors (Lipinski definition) is 1. The maximum absolute atomic E-state index is 9.31. The van der Waals surface area contributed by atoms with Crippen molar-refractivity contribution in [2.45, 2.75) is 60.3 Å². The summed E-state index contributed by atoms with van der Waals surface area (Å²) in [4.78, 5) is 0. The highest BCUT2D eigenvalue weighted by atomic mass is 16.3. The maximum Gasteiger partial charge on any atom is 0.0462 e. The van der Waals surface area contributed by atoms with Crippen molar-refractivity contribution in [3.05, 3.63) is 12.2 Å². The van der Waals surface area contributed by atoms with Gasteiger partial charge in [0.15, 0.2) is 0 Å². The van der Waals surface area contributed by atoms with Crippen LogP contribution in [0.4, 0.5) is 0 Å². The van der Waals surface area contributed by atoms with Crippen molar-refractivity contribution in [3.63, 3.8) is 0 Å². The third-order valence-corrected chi connectivity index (χ3v) is 5.55. The molecule has 1 N–H and O–H groups in total. The molecule has 1 heteroatoms. The Kier molecular flexibility index (Phi) is 4.46. The topological polar surface area (TPSA) is 20.2 Å². The molecule has 0 radical (unpaired) electrons. The lowest BCUT2D eigenvalue weighted by molar-refractivity contribution is 0.118. The van der Waals surface area contributed by atoms with E-state index in [2.05, 4.69) is 41.2 Å². The van der Waals surface area contributed by atoms with Gasteiger partial charge in [-0.25, -0.2) is 0 Å². The van der Waals surface area contributed by atoms with Gasteiger partial charge in [-0.3, -0.25) is 0 Å². The van der Waals surface area contributed by atoms with Crippen LogP contribution in [-0.2, 0) is 0 Å². The SMILES string of the molecule is C=C(CC(CC)CO)[C@H]1CCC(C)(C)C1(C)C. The maximum atomic E-state index is 9.31. The van der Waals surface area contributed by atoms with Gasteiger partial charge in [-0.1, -0.05) is 53.2 Å². The minimum atomic E-state index is 0.298. The third kappa shape index (κ3) is 2.76. The summed E-state index contributed by atoms with van der Waals surface area (Å²) in [5, 5.41) is 9.31. The van der Waals surface area contributed by atoms with Crippen molar-refractivity contribution in [3.8, 4) is 0 Å². The van der Waals surface area contributed by atoms with Crippen LogP contribution >= 0.6 is 0 Å². The molecule has 1 aliphatic carbocycles. The molecule has 0 spiro atoms. The van der Waals surface area contributed by atoms with Crippen molar-refractivity contribution in [1.82, 2.24) is 0 Å². The summed E-state index contributed by atoms with van der Waals surface area (Å²) in [6.45, 7) is 16.3. The highest BCUT2D eigenvalue weighted by molar-refractivity contribution is 5.13. The lowest BCUT2D eigenvalue weighted by atomic mass is 9.65. The van der Waals surface area contributed by atoms with E-state index in [1.165, 1.54) is 18.4 Å². The number of hydrogen-bond acceptors (Lipinski definition) is 1. The normalized spacial score (nSPS) is 28.0. The summed E-state index contributed by atoms with van der Waals surface area (Å²) in [7, 11) is 0. The summed E-state index contributed by atoms with van der Waals surface area (Å²) in [5.74, 6) is 1.03. The lowest BCUT2D eigenvalue weighted by Gasteiger charge is -2.40. The van der Waals surface area contributed by atoms with Gasteiger partial charge >= 0.3 is 0 Å². The third-order valence-electron chi connectivity index (χ3n) is 5.55. The Morgan fingerprint density at radius 2 is 1.94 bits per heavy atom. The van der Waals surface area contributed by atoms with Gasteiger partial charge in [-0.05, 0) is 41.9 Å². The molecular formula is C16H30O. The second kappa shape index (κ2) is 5.14. The highest BCUT2D eigenvalue weighted by Gasteiger charge is 2.49. The van der Waals surface area contributed by atoms with Gasteiger partial charge in [-0.15, -0.1) is 0 Å². The molecular weight excluding hydrogens is 208 g/mol. The Morgan fingerprint density at radius 3 is 2.29 bits per heavy atom. The van der Waals surface area contributed by atoms with Crippen molar-refractivity contribution < 1.29 is 5.11 Å². The molecule has 1 unspecified atom stereocenters. The zero-order chi connectivity index (χ0) is 13.3. The molecule has 1 nitrogen and oxygen atoms in total. The van der Waals surface area contributed by atoms with Crippen LogP contribution in [0.1, 0.15) is 60.3 Å². The first kappa shape index (κ1) is 14.8. The predicted molar refractivity (Wildman–Crippen MR) is 74.9 cm³/mol. The minimum absolute atomic E-state index is 0.298. The summed E-state index contributed by atoms with van der Waals surface area (Å²) in [6.07, 6.45) is 4.60. The van der Waals surface area contributed by atoms with Gasteiger partial charge in [0.05, 0.1) is 0 Å². The molecule has 0 heterocycles. The van der Waals surface area contributed by atoms with Gasteiger partial charge in [0.25, 0.3) is 0 Å². The van der Waals surface area contributed by atoms with E-state index in [4.69, 9.17) is 0 Å². The lowest BCUT2D eigenvalue weighted by Crippen LogP contribution is -2.32. The van der Waals surface area contributed by atoms with E-state index in [-0.39, 0.29) is 0 Å². The van der Waals surface area contributed by atoms with Crippen LogP contribution in [0.3, 0.4) is 0 Å². The first-order valence-corrected chi connectivity index (χ1v) is 7.04. The number of aliphatic hydroxyl groups excluding tert-OH is 1. The Morgan fingerprint density at radius 1 is 1.35 bits per heavy atom. The Labute approximate surface area is 107 Å². The molecule has 1 saturated carbocycles. The molecule has 0 aromatic carbocycles. The van der Waals surface area contributed by atoms with Crippen LogP contribution in [0.5, 0.6) is 0 Å². The first-order valence-electron chi connectivity index (χ1n) is 7.04. The van der Waals surface area contributed by atoms with E-state index in [0.717, 1.165) is 12.8 Å². The molecule has 0 saturated heterocycles. The fourth-order valence-corrected chi connectivity index (χ4v) is 3.23. The number of aliphatic hydroxyl groups is 1. The zero-order valence-electron chi connectivity index (χ0n) is 12.3. The molecule has 100 valence electrons. The average Bonchev–Trinajstić information content (AvgIpc) is 2.45. The molecule has 1 fully saturated rings. The molecule has 0 aromatic heterocycles. The monoisotopic (exact) mass is 238 g/mol. The fourth-order valence-electron chi connectivity index (χ4n) is 3.23. The predicted octanol–water partition coefficient (Wildman–Crippen LogP) is 4.41. The molecule has 1 aliphatic rings. The van der Waals surface area contributed by atoms with Crippen LogP contribution in [-0.4, -0.2) is 11.7 Å². The molecule has 0 bridgehead atoms. The van der Waals surface area contributed by atoms with E-state index >= 15 is 0 Å². The van der Waals surface area contributed by atoms with Gasteiger partial charge in [0.1, 0.15) is 0 Å². The summed E-state index contributed by atoms with van der Waals surface area (Å²) >= 11 is 0. The van der Waals surface area contributed by atoms with Gasteiger partial charge < -0.3 is 5.11 Å². The molecule has 0 aliphatic heterocycles. The molecule has 0 aromatic rings. The highest BCUT2D eigenvalue weighted by Crippen LogP contribution is 2.58. The van der Waals surface area contributed by atoms with Gasteiger partial charge in [-0.2, -0.15) is 0 Å². The second-order valence-corrected chi connectivity index (χ2v) is 7.02. The van der Waals surface area contributed by atoms with E-state index in [1.54, 1.807) is 0 Å². The van der Waals surface area contributed by atoms with Crippen molar-refractivity contribution >= 4 is 0 Å². The zero-order valence-corrected chi connectivity index (χ0v) is 12.3. The first-order chi connectivity index (χ1) is 7.76. The molecule has 0 amide bonds. The minimum Gasteiger partial charge on any atom is -0.396 e. The summed E-state index contributed by atoms with van der Waals surface area (Å²) in [6, 6.07) is 0. The van der Waals surface area contributed by atoms with Crippen molar-refractivity contribution in [1.29, 1.82) is 0 Å². The molecule has 17 heavy (non-hydrogen) atoms. The van der Waals surface area contributed by atoms with Crippen molar-refractivity contribution in [2.75, 3.05) is 6.61 Å².